The number of rotatable bonds is 10. The molecule has 2 unspecified atom stereocenters. The van der Waals surface area contributed by atoms with Gasteiger partial charge in [0, 0.05) is 22.8 Å². The molecule has 7 heteroatoms. The fraction of sp³-hybridized carbons (Fsp3) is 0.457. The molecule has 5 rings (SSSR count). The first-order valence-electron chi connectivity index (χ1n) is 15.4. The molecule has 3 aromatic carbocycles. The maximum Gasteiger partial charge on any atom is 0.232 e. The van der Waals surface area contributed by atoms with Crippen LogP contribution in [0.4, 0.5) is 5.69 Å². The molecule has 2 heterocycles. The highest BCUT2D eigenvalue weighted by Gasteiger charge is 2.36. The van der Waals surface area contributed by atoms with Crippen LogP contribution in [0.5, 0.6) is 11.5 Å². The molecule has 0 aliphatic carbocycles. The maximum absolute atomic E-state index is 13.9. The van der Waals surface area contributed by atoms with Gasteiger partial charge in [-0.25, -0.2) is 0 Å². The zero-order valence-corrected chi connectivity index (χ0v) is 26.3. The summed E-state index contributed by atoms with van der Waals surface area (Å²) in [4.78, 5) is 18.5. The normalized spacial score (nSPS) is 19.0. The van der Waals surface area contributed by atoms with Crippen molar-refractivity contribution in [3.63, 3.8) is 0 Å². The summed E-state index contributed by atoms with van der Waals surface area (Å²) in [6.07, 6.45) is 3.55. The monoisotopic (exact) mass is 589 g/mol. The fourth-order valence-electron chi connectivity index (χ4n) is 6.47. The lowest BCUT2D eigenvalue weighted by molar-refractivity contribution is -0.118. The molecule has 0 radical (unpaired) electrons. The highest BCUT2D eigenvalue weighted by Crippen LogP contribution is 2.44. The number of methoxy groups -OCH3 is 1. The summed E-state index contributed by atoms with van der Waals surface area (Å²) in [7, 11) is 1.65. The molecule has 1 amide bonds. The number of hydrogen-bond acceptors (Lipinski definition) is 5. The van der Waals surface area contributed by atoms with Crippen LogP contribution in [0.1, 0.15) is 81.3 Å². The Hall–Kier alpha value is -3.06. The topological polar surface area (TPSA) is 54.0 Å². The first-order valence-corrected chi connectivity index (χ1v) is 15.7. The van der Waals surface area contributed by atoms with Gasteiger partial charge in [0.1, 0.15) is 0 Å². The molecule has 0 bridgehead atoms. The predicted molar refractivity (Wildman–Crippen MR) is 171 cm³/mol. The van der Waals surface area contributed by atoms with Crippen molar-refractivity contribution in [1.82, 2.24) is 10.2 Å². The van der Waals surface area contributed by atoms with E-state index in [1.807, 2.05) is 35.2 Å². The number of carbonyl (C=O) groups excluding carboxylic acids is 1. The molecule has 0 saturated carbocycles. The molecule has 6 nitrogen and oxygen atoms in total. The lowest BCUT2D eigenvalue weighted by atomic mass is 9.86. The SMILES string of the molecule is CC[C@@H](C)Oc1cc2c(cc1OC)CC(=O)N(c1ccc(C(C)N(CC)C3CCNCC3)cc1)C2c1ccc(Cl)cc1. The molecule has 1 saturated heterocycles. The fourth-order valence-corrected chi connectivity index (χ4v) is 6.59. The number of nitrogens with zero attached hydrogens (tertiary/aromatic N) is 2. The first-order chi connectivity index (χ1) is 20.3. The Morgan fingerprint density at radius 1 is 1.00 bits per heavy atom. The Bertz CT molecular complexity index is 1360. The van der Waals surface area contributed by atoms with Gasteiger partial charge in [-0.1, -0.05) is 49.7 Å². The number of carbonyl (C=O) groups is 1. The van der Waals surface area contributed by atoms with Crippen LogP contribution in [-0.2, 0) is 11.2 Å². The van der Waals surface area contributed by atoms with Gasteiger partial charge in [-0.3, -0.25) is 9.69 Å². The van der Waals surface area contributed by atoms with Crippen LogP contribution in [0.3, 0.4) is 0 Å². The minimum absolute atomic E-state index is 0.0364. The number of benzene rings is 3. The van der Waals surface area contributed by atoms with Crippen LogP contribution in [0.15, 0.2) is 60.7 Å². The molecule has 3 atom stereocenters. The largest absolute Gasteiger partial charge is 0.493 e. The van der Waals surface area contributed by atoms with Crippen molar-refractivity contribution < 1.29 is 14.3 Å². The quantitative estimate of drug-likeness (QED) is 0.268. The summed E-state index contributed by atoms with van der Waals surface area (Å²) >= 11 is 6.29. The van der Waals surface area contributed by atoms with Gasteiger partial charge in [-0.2, -0.15) is 0 Å². The number of hydrogen-bond donors (Lipinski definition) is 1. The second kappa shape index (κ2) is 13.5. The highest BCUT2D eigenvalue weighted by molar-refractivity contribution is 6.30. The molecule has 2 aliphatic heterocycles. The third kappa shape index (κ3) is 6.31. The van der Waals surface area contributed by atoms with Crippen LogP contribution in [0, 0.1) is 0 Å². The minimum Gasteiger partial charge on any atom is -0.493 e. The van der Waals surface area contributed by atoms with Crippen LogP contribution < -0.4 is 19.7 Å². The summed E-state index contributed by atoms with van der Waals surface area (Å²) in [5, 5.41) is 4.15. The number of ether oxygens (including phenoxy) is 2. The van der Waals surface area contributed by atoms with Gasteiger partial charge >= 0.3 is 0 Å². The summed E-state index contributed by atoms with van der Waals surface area (Å²) in [5.41, 5.74) is 5.13. The summed E-state index contributed by atoms with van der Waals surface area (Å²) in [5.74, 6) is 1.39. The minimum atomic E-state index is -0.325. The third-order valence-corrected chi connectivity index (χ3v) is 9.22. The van der Waals surface area contributed by atoms with Crippen molar-refractivity contribution in [3.8, 4) is 11.5 Å². The Balaban J connectivity index is 1.53. The second-order valence-corrected chi connectivity index (χ2v) is 11.9. The highest BCUT2D eigenvalue weighted by atomic mass is 35.5. The van der Waals surface area contributed by atoms with Crippen molar-refractivity contribution >= 4 is 23.2 Å². The third-order valence-electron chi connectivity index (χ3n) is 8.97. The molecule has 3 aromatic rings. The van der Waals surface area contributed by atoms with Crippen molar-refractivity contribution in [2.45, 2.75) is 77.6 Å². The van der Waals surface area contributed by atoms with E-state index in [1.54, 1.807) is 7.11 Å². The molecule has 0 aromatic heterocycles. The first kappa shape index (κ1) is 30.4. The van der Waals surface area contributed by atoms with Crippen LogP contribution in [-0.4, -0.2) is 49.7 Å². The molecule has 1 N–H and O–H groups in total. The summed E-state index contributed by atoms with van der Waals surface area (Å²) in [6.45, 7) is 11.9. The molecule has 0 spiro atoms. The number of fused-ring (bicyclic) bond motifs is 1. The van der Waals surface area contributed by atoms with E-state index in [1.165, 1.54) is 18.4 Å². The van der Waals surface area contributed by atoms with Gasteiger partial charge in [-0.15, -0.1) is 0 Å². The Labute approximate surface area is 255 Å². The molecule has 2 aliphatic rings. The zero-order chi connectivity index (χ0) is 29.8. The molecule has 224 valence electrons. The second-order valence-electron chi connectivity index (χ2n) is 11.5. The number of amides is 1. The van der Waals surface area contributed by atoms with Crippen molar-refractivity contribution in [1.29, 1.82) is 0 Å². The van der Waals surface area contributed by atoms with Crippen molar-refractivity contribution in [2.75, 3.05) is 31.6 Å². The average Bonchev–Trinajstić information content (AvgIpc) is 3.01. The smallest absolute Gasteiger partial charge is 0.232 e. The lowest BCUT2D eigenvalue weighted by Crippen LogP contribution is -2.44. The number of nitrogens with one attached hydrogen (secondary N) is 1. The Morgan fingerprint density at radius 3 is 2.31 bits per heavy atom. The van der Waals surface area contributed by atoms with Crippen LogP contribution in [0.25, 0.3) is 0 Å². The molecule has 1 fully saturated rings. The number of halogens is 1. The van der Waals surface area contributed by atoms with Gasteiger partial charge in [0.2, 0.25) is 5.91 Å². The predicted octanol–water partition coefficient (Wildman–Crippen LogP) is 7.34. The lowest BCUT2D eigenvalue weighted by Gasteiger charge is -2.39. The van der Waals surface area contributed by atoms with Gasteiger partial charge in [0.05, 0.1) is 25.7 Å². The maximum atomic E-state index is 13.9. The standard InChI is InChI=1S/C35H44ClN3O3/c1-6-23(3)42-33-22-31-27(20-32(33)41-5)21-34(40)39(35(31)26-8-12-28(36)13-9-26)30-14-10-25(11-15-30)24(4)38(7-2)29-16-18-37-19-17-29/h8-15,20,22-24,29,35,37H,6-7,16-19,21H2,1-5H3/t23-,24?,35?/m1/s1. The van der Waals surface area contributed by atoms with E-state index < -0.39 is 0 Å². The van der Waals surface area contributed by atoms with E-state index in [-0.39, 0.29) is 24.5 Å². The Morgan fingerprint density at radius 2 is 1.69 bits per heavy atom. The van der Waals surface area contributed by atoms with E-state index in [0.29, 0.717) is 28.6 Å². The Kier molecular flexibility index (Phi) is 9.77. The summed E-state index contributed by atoms with van der Waals surface area (Å²) < 4.78 is 12.0. The number of anilines is 1. The van der Waals surface area contributed by atoms with Gasteiger partial charge < -0.3 is 19.7 Å². The zero-order valence-electron chi connectivity index (χ0n) is 25.5. The van der Waals surface area contributed by atoms with Gasteiger partial charge in [0.15, 0.2) is 11.5 Å². The van der Waals surface area contributed by atoms with Crippen molar-refractivity contribution in [3.05, 3.63) is 87.9 Å². The van der Waals surface area contributed by atoms with E-state index >= 15 is 0 Å². The van der Waals surface area contributed by atoms with Gasteiger partial charge in [0.25, 0.3) is 0 Å². The number of piperidine rings is 1. The van der Waals surface area contributed by atoms with E-state index in [4.69, 9.17) is 21.1 Å². The summed E-state index contributed by atoms with van der Waals surface area (Å²) in [6, 6.07) is 21.0. The van der Waals surface area contributed by atoms with Crippen LogP contribution >= 0.6 is 11.6 Å². The van der Waals surface area contributed by atoms with E-state index in [2.05, 4.69) is 68.2 Å². The molecular formula is C35H44ClN3O3. The van der Waals surface area contributed by atoms with Gasteiger partial charge in [-0.05, 0) is 111 Å². The van der Waals surface area contributed by atoms with Crippen molar-refractivity contribution in [2.24, 2.45) is 0 Å². The van der Waals surface area contributed by atoms with Crippen LogP contribution in [0.2, 0.25) is 5.02 Å². The molecule has 42 heavy (non-hydrogen) atoms. The molecular weight excluding hydrogens is 546 g/mol. The van der Waals surface area contributed by atoms with E-state index in [0.717, 1.165) is 48.4 Å². The average molecular weight is 590 g/mol. The van der Waals surface area contributed by atoms with E-state index in [9.17, 15) is 4.79 Å².